The molecule has 0 saturated carbocycles. The Kier molecular flexibility index (Phi) is 3.76. The Hall–Kier alpha value is -1.01. The van der Waals surface area contributed by atoms with Crippen molar-refractivity contribution < 1.29 is 23.8 Å². The van der Waals surface area contributed by atoms with Gasteiger partial charge in [-0.05, 0) is 22.0 Å². The van der Waals surface area contributed by atoms with Gasteiger partial charge in [0.2, 0.25) is 0 Å². The lowest BCUT2D eigenvalue weighted by Gasteiger charge is -2.10. The minimum absolute atomic E-state index is 0.245. The first-order valence-electron chi connectivity index (χ1n) is 3.96. The van der Waals surface area contributed by atoms with Crippen LogP contribution in [-0.4, -0.2) is 16.2 Å². The fourth-order valence-electron chi connectivity index (χ4n) is 1.07. The molecule has 1 rings (SSSR count). The SMILES string of the molecule is O=C(O)C[C@H](O)c1ccc(F)c(Br)c1F. The Morgan fingerprint density at radius 2 is 2.07 bits per heavy atom. The predicted octanol–water partition coefficient (Wildman–Crippen LogP) is 2.24. The van der Waals surface area contributed by atoms with Gasteiger partial charge >= 0.3 is 5.97 Å². The maximum atomic E-state index is 13.3. The molecule has 1 aromatic carbocycles. The summed E-state index contributed by atoms with van der Waals surface area (Å²) in [5.41, 5.74) is -0.245. The summed E-state index contributed by atoms with van der Waals surface area (Å²) in [6.45, 7) is 0. The topological polar surface area (TPSA) is 57.5 Å². The van der Waals surface area contributed by atoms with Gasteiger partial charge in [-0.2, -0.15) is 0 Å². The third-order valence-electron chi connectivity index (χ3n) is 1.79. The Balaban J connectivity index is 3.05. The zero-order chi connectivity index (χ0) is 11.6. The minimum atomic E-state index is -1.49. The third kappa shape index (κ3) is 2.73. The van der Waals surface area contributed by atoms with Gasteiger partial charge in [-0.3, -0.25) is 4.79 Å². The maximum absolute atomic E-state index is 13.3. The number of aliphatic carboxylic acids is 1. The lowest BCUT2D eigenvalue weighted by atomic mass is 10.1. The van der Waals surface area contributed by atoms with E-state index in [9.17, 15) is 18.7 Å². The van der Waals surface area contributed by atoms with Crippen molar-refractivity contribution in [1.82, 2.24) is 0 Å². The molecule has 0 amide bonds. The maximum Gasteiger partial charge on any atom is 0.306 e. The number of aliphatic hydroxyl groups excluding tert-OH is 1. The third-order valence-corrected chi connectivity index (χ3v) is 2.52. The number of halogens is 3. The van der Waals surface area contributed by atoms with Crippen molar-refractivity contribution in [1.29, 1.82) is 0 Å². The highest BCUT2D eigenvalue weighted by molar-refractivity contribution is 9.10. The molecule has 0 bridgehead atoms. The molecule has 0 fully saturated rings. The lowest BCUT2D eigenvalue weighted by Crippen LogP contribution is -2.08. The molecule has 1 atom stereocenters. The van der Waals surface area contributed by atoms with Gasteiger partial charge in [-0.1, -0.05) is 6.07 Å². The van der Waals surface area contributed by atoms with Crippen molar-refractivity contribution >= 4 is 21.9 Å². The van der Waals surface area contributed by atoms with Crippen molar-refractivity contribution in [2.75, 3.05) is 0 Å². The summed E-state index contributed by atoms with van der Waals surface area (Å²) < 4.78 is 25.7. The van der Waals surface area contributed by atoms with Crippen LogP contribution in [0.1, 0.15) is 18.1 Å². The second-order valence-electron chi connectivity index (χ2n) is 2.88. The minimum Gasteiger partial charge on any atom is -0.481 e. The highest BCUT2D eigenvalue weighted by Gasteiger charge is 2.19. The number of rotatable bonds is 3. The monoisotopic (exact) mass is 280 g/mol. The lowest BCUT2D eigenvalue weighted by molar-refractivity contribution is -0.139. The molecular weight excluding hydrogens is 274 g/mol. The number of hydrogen-bond donors (Lipinski definition) is 2. The molecule has 0 saturated heterocycles. The zero-order valence-electron chi connectivity index (χ0n) is 7.38. The van der Waals surface area contributed by atoms with Gasteiger partial charge in [-0.15, -0.1) is 0 Å². The largest absolute Gasteiger partial charge is 0.481 e. The molecule has 82 valence electrons. The number of carboxylic acids is 1. The van der Waals surface area contributed by atoms with Crippen LogP contribution in [0.5, 0.6) is 0 Å². The van der Waals surface area contributed by atoms with E-state index in [1.54, 1.807) is 0 Å². The smallest absolute Gasteiger partial charge is 0.306 e. The fraction of sp³-hybridized carbons (Fsp3) is 0.222. The average molecular weight is 281 g/mol. The van der Waals surface area contributed by atoms with E-state index in [2.05, 4.69) is 15.9 Å². The van der Waals surface area contributed by atoms with Gasteiger partial charge in [0.25, 0.3) is 0 Å². The molecule has 0 aliphatic heterocycles. The molecule has 15 heavy (non-hydrogen) atoms. The molecule has 0 aromatic heterocycles. The molecule has 0 heterocycles. The predicted molar refractivity (Wildman–Crippen MR) is 51.3 cm³/mol. The van der Waals surface area contributed by atoms with E-state index in [1.165, 1.54) is 0 Å². The van der Waals surface area contributed by atoms with Gasteiger partial charge in [0.05, 0.1) is 17.0 Å². The highest BCUT2D eigenvalue weighted by atomic mass is 79.9. The molecule has 0 aliphatic carbocycles. The molecule has 0 spiro atoms. The van der Waals surface area contributed by atoms with E-state index < -0.39 is 34.6 Å². The molecule has 3 nitrogen and oxygen atoms in total. The summed E-state index contributed by atoms with van der Waals surface area (Å²) in [6, 6.07) is 1.97. The summed E-state index contributed by atoms with van der Waals surface area (Å²) in [5, 5.41) is 17.7. The first kappa shape index (κ1) is 12.1. The van der Waals surface area contributed by atoms with Crippen LogP contribution in [0.15, 0.2) is 16.6 Å². The van der Waals surface area contributed by atoms with Crippen molar-refractivity contribution in [3.05, 3.63) is 33.8 Å². The Morgan fingerprint density at radius 1 is 1.47 bits per heavy atom. The summed E-state index contributed by atoms with van der Waals surface area (Å²) >= 11 is 2.66. The number of carbonyl (C=O) groups is 1. The van der Waals surface area contributed by atoms with Gasteiger partial charge in [0.1, 0.15) is 11.6 Å². The number of benzene rings is 1. The van der Waals surface area contributed by atoms with Crippen LogP contribution in [0, 0.1) is 11.6 Å². The van der Waals surface area contributed by atoms with Crippen molar-refractivity contribution in [3.63, 3.8) is 0 Å². The first-order valence-corrected chi connectivity index (χ1v) is 4.76. The van der Waals surface area contributed by atoms with E-state index in [0.717, 1.165) is 12.1 Å². The van der Waals surface area contributed by atoms with Crippen LogP contribution in [-0.2, 0) is 4.79 Å². The van der Waals surface area contributed by atoms with Crippen LogP contribution >= 0.6 is 15.9 Å². The van der Waals surface area contributed by atoms with Crippen LogP contribution in [0.2, 0.25) is 0 Å². The van der Waals surface area contributed by atoms with Gasteiger partial charge in [0, 0.05) is 5.56 Å². The zero-order valence-corrected chi connectivity index (χ0v) is 8.96. The number of carboxylic acid groups (broad SMARTS) is 1. The van der Waals surface area contributed by atoms with E-state index in [-0.39, 0.29) is 5.56 Å². The molecular formula is C9H7BrF2O3. The quantitative estimate of drug-likeness (QED) is 0.835. The van der Waals surface area contributed by atoms with Gasteiger partial charge < -0.3 is 10.2 Å². The second kappa shape index (κ2) is 4.67. The average Bonchev–Trinajstić information content (AvgIpc) is 2.13. The first-order chi connectivity index (χ1) is 6.93. The number of hydrogen-bond acceptors (Lipinski definition) is 2. The van der Waals surface area contributed by atoms with Crippen molar-refractivity contribution in [3.8, 4) is 0 Å². The Morgan fingerprint density at radius 3 is 2.60 bits per heavy atom. The number of aliphatic hydroxyl groups is 1. The normalized spacial score (nSPS) is 12.5. The molecule has 0 aliphatic rings. The van der Waals surface area contributed by atoms with E-state index in [1.807, 2.05) is 0 Å². The van der Waals surface area contributed by atoms with Gasteiger partial charge in [-0.25, -0.2) is 8.78 Å². The van der Waals surface area contributed by atoms with E-state index in [0.29, 0.717) is 0 Å². The molecule has 2 N–H and O–H groups in total. The highest BCUT2D eigenvalue weighted by Crippen LogP contribution is 2.27. The van der Waals surface area contributed by atoms with Crippen LogP contribution in [0.25, 0.3) is 0 Å². The summed E-state index contributed by atoms with van der Waals surface area (Å²) in [6.07, 6.45) is -2.12. The molecule has 6 heteroatoms. The summed E-state index contributed by atoms with van der Waals surface area (Å²) in [5.74, 6) is -3.05. The summed E-state index contributed by atoms with van der Waals surface area (Å²) in [4.78, 5) is 10.3. The molecule has 0 radical (unpaired) electrons. The molecule has 0 unspecified atom stereocenters. The fourth-order valence-corrected chi connectivity index (χ4v) is 1.43. The Labute approximate surface area is 92.5 Å². The van der Waals surface area contributed by atoms with E-state index >= 15 is 0 Å². The van der Waals surface area contributed by atoms with Crippen molar-refractivity contribution in [2.45, 2.75) is 12.5 Å². The second-order valence-corrected chi connectivity index (χ2v) is 3.67. The van der Waals surface area contributed by atoms with Crippen LogP contribution < -0.4 is 0 Å². The van der Waals surface area contributed by atoms with Crippen LogP contribution in [0.4, 0.5) is 8.78 Å². The van der Waals surface area contributed by atoms with E-state index in [4.69, 9.17) is 5.11 Å². The Bertz CT molecular complexity index is 395. The van der Waals surface area contributed by atoms with Gasteiger partial charge in [0.15, 0.2) is 0 Å². The standard InChI is InChI=1S/C9H7BrF2O3/c10-8-5(11)2-1-4(9(8)12)6(13)3-7(14)15/h1-2,6,13H,3H2,(H,14,15)/t6-/m0/s1. The summed E-state index contributed by atoms with van der Waals surface area (Å²) in [7, 11) is 0. The molecule has 1 aromatic rings. The van der Waals surface area contributed by atoms with Crippen LogP contribution in [0.3, 0.4) is 0 Å². The van der Waals surface area contributed by atoms with Crippen molar-refractivity contribution in [2.24, 2.45) is 0 Å².